The van der Waals surface area contributed by atoms with Gasteiger partial charge in [-0.25, -0.2) is 0 Å². The summed E-state index contributed by atoms with van der Waals surface area (Å²) in [5.41, 5.74) is 1.31. The van der Waals surface area contributed by atoms with Crippen LogP contribution in [0.1, 0.15) is 35.7 Å². The predicted molar refractivity (Wildman–Crippen MR) is 99.3 cm³/mol. The second kappa shape index (κ2) is 9.48. The van der Waals surface area contributed by atoms with Crippen LogP contribution in [0.4, 0.5) is 5.69 Å². The molecule has 0 aliphatic heterocycles. The third kappa shape index (κ3) is 5.26. The maximum Gasteiger partial charge on any atom is 0.320 e. The topological polar surface area (TPSA) is 95.5 Å². The molecule has 2 rings (SSSR count). The molecule has 1 unspecified atom stereocenters. The van der Waals surface area contributed by atoms with Gasteiger partial charge in [0.1, 0.15) is 6.04 Å². The summed E-state index contributed by atoms with van der Waals surface area (Å²) < 4.78 is 0. The summed E-state index contributed by atoms with van der Waals surface area (Å²) >= 11 is 0. The van der Waals surface area contributed by atoms with E-state index >= 15 is 0 Å². The number of aliphatic carboxylic acids is 1. The largest absolute Gasteiger partial charge is 0.480 e. The minimum Gasteiger partial charge on any atom is -0.480 e. The molecule has 26 heavy (non-hydrogen) atoms. The molecular formula is C20H22N2O4. The first-order chi connectivity index (χ1) is 12.5. The molecule has 0 heterocycles. The molecule has 136 valence electrons. The van der Waals surface area contributed by atoms with Gasteiger partial charge < -0.3 is 10.4 Å². The van der Waals surface area contributed by atoms with Crippen molar-refractivity contribution in [2.24, 2.45) is 0 Å². The fourth-order valence-corrected chi connectivity index (χ4v) is 2.55. The van der Waals surface area contributed by atoms with Gasteiger partial charge in [-0.3, -0.25) is 19.7 Å². The lowest BCUT2D eigenvalue weighted by atomic mass is 10.0. The number of hydrogen-bond acceptors (Lipinski definition) is 4. The summed E-state index contributed by atoms with van der Waals surface area (Å²) in [7, 11) is 0. The monoisotopic (exact) mass is 354 g/mol. The lowest BCUT2D eigenvalue weighted by molar-refractivity contribution is -0.139. The van der Waals surface area contributed by atoms with Crippen LogP contribution in [0.2, 0.25) is 0 Å². The van der Waals surface area contributed by atoms with Crippen molar-refractivity contribution in [3.63, 3.8) is 0 Å². The third-order valence-corrected chi connectivity index (χ3v) is 3.87. The van der Waals surface area contributed by atoms with Crippen molar-refractivity contribution >= 4 is 23.3 Å². The average molecular weight is 354 g/mol. The van der Waals surface area contributed by atoms with Gasteiger partial charge in [-0.1, -0.05) is 55.8 Å². The van der Waals surface area contributed by atoms with Crippen molar-refractivity contribution in [3.05, 3.63) is 65.7 Å². The average Bonchev–Trinajstić information content (AvgIpc) is 2.65. The molecule has 2 aromatic carbocycles. The van der Waals surface area contributed by atoms with E-state index < -0.39 is 17.9 Å². The summed E-state index contributed by atoms with van der Waals surface area (Å²) in [4.78, 5) is 35.9. The minimum atomic E-state index is -0.987. The second-order valence-electron chi connectivity index (χ2n) is 5.85. The van der Waals surface area contributed by atoms with E-state index in [0.29, 0.717) is 29.7 Å². The smallest absolute Gasteiger partial charge is 0.320 e. The van der Waals surface area contributed by atoms with Gasteiger partial charge in [0.05, 0.1) is 12.2 Å². The molecule has 3 N–H and O–H groups in total. The number of para-hydroxylation sites is 1. The number of nitrogens with one attached hydrogen (secondary N) is 2. The third-order valence-electron chi connectivity index (χ3n) is 3.87. The lowest BCUT2D eigenvalue weighted by Gasteiger charge is -2.14. The van der Waals surface area contributed by atoms with Crippen LogP contribution in [0.5, 0.6) is 0 Å². The molecule has 0 spiro atoms. The van der Waals surface area contributed by atoms with Gasteiger partial charge in [-0.2, -0.15) is 0 Å². The van der Waals surface area contributed by atoms with Crippen LogP contribution < -0.4 is 10.6 Å². The number of carbonyl (C=O) groups is 3. The van der Waals surface area contributed by atoms with Gasteiger partial charge in [0.2, 0.25) is 5.91 Å². The zero-order valence-electron chi connectivity index (χ0n) is 14.6. The Morgan fingerprint density at radius 2 is 1.65 bits per heavy atom. The van der Waals surface area contributed by atoms with E-state index in [4.69, 9.17) is 5.11 Å². The highest BCUT2D eigenvalue weighted by Gasteiger charge is 2.18. The molecule has 0 aliphatic carbocycles. The first-order valence-electron chi connectivity index (χ1n) is 8.47. The highest BCUT2D eigenvalue weighted by molar-refractivity contribution is 6.13. The highest BCUT2D eigenvalue weighted by Crippen LogP contribution is 2.19. The fraction of sp³-hybridized carbons (Fsp3) is 0.250. The van der Waals surface area contributed by atoms with Gasteiger partial charge >= 0.3 is 5.97 Å². The number of carboxylic acid groups (broad SMARTS) is 1. The molecule has 1 atom stereocenters. The van der Waals surface area contributed by atoms with Crippen LogP contribution in [0.25, 0.3) is 0 Å². The van der Waals surface area contributed by atoms with Gasteiger partial charge in [0.15, 0.2) is 5.78 Å². The van der Waals surface area contributed by atoms with Gasteiger partial charge in [-0.15, -0.1) is 0 Å². The summed E-state index contributed by atoms with van der Waals surface area (Å²) in [6, 6.07) is 14.8. The molecule has 0 saturated heterocycles. The van der Waals surface area contributed by atoms with Crippen LogP contribution in [0, 0.1) is 0 Å². The number of carboxylic acids is 1. The Kier molecular flexibility index (Phi) is 7.05. The molecule has 0 radical (unpaired) electrons. The van der Waals surface area contributed by atoms with Gasteiger partial charge in [0, 0.05) is 11.1 Å². The van der Waals surface area contributed by atoms with Crippen LogP contribution in [0.3, 0.4) is 0 Å². The molecular weight excluding hydrogens is 332 g/mol. The Morgan fingerprint density at radius 1 is 1.00 bits per heavy atom. The fourth-order valence-electron chi connectivity index (χ4n) is 2.55. The summed E-state index contributed by atoms with van der Waals surface area (Å²) in [5.74, 6) is -1.58. The Labute approximate surface area is 152 Å². The minimum absolute atomic E-state index is 0.148. The Morgan fingerprint density at radius 3 is 2.31 bits per heavy atom. The van der Waals surface area contributed by atoms with Crippen molar-refractivity contribution in [2.75, 3.05) is 11.9 Å². The van der Waals surface area contributed by atoms with E-state index in [1.165, 1.54) is 0 Å². The Balaban J connectivity index is 2.07. The first-order valence-corrected chi connectivity index (χ1v) is 8.47. The van der Waals surface area contributed by atoms with E-state index in [0.717, 1.165) is 0 Å². The van der Waals surface area contributed by atoms with Crippen molar-refractivity contribution in [1.29, 1.82) is 0 Å². The van der Waals surface area contributed by atoms with Crippen molar-refractivity contribution < 1.29 is 19.5 Å². The number of ketones is 1. The van der Waals surface area contributed by atoms with Gasteiger partial charge in [0.25, 0.3) is 0 Å². The SMILES string of the molecule is CCCC(NCC(=O)Nc1ccccc1C(=O)c1ccccc1)C(=O)O. The molecule has 6 heteroatoms. The van der Waals surface area contributed by atoms with E-state index in [9.17, 15) is 14.4 Å². The second-order valence-corrected chi connectivity index (χ2v) is 5.85. The summed E-state index contributed by atoms with van der Waals surface area (Å²) in [5, 5.41) is 14.5. The molecule has 2 aromatic rings. The lowest BCUT2D eigenvalue weighted by Crippen LogP contribution is -2.41. The number of benzene rings is 2. The number of hydrogen-bond donors (Lipinski definition) is 3. The van der Waals surface area contributed by atoms with Crippen LogP contribution in [0.15, 0.2) is 54.6 Å². The number of anilines is 1. The maximum atomic E-state index is 12.6. The van der Waals surface area contributed by atoms with Crippen LogP contribution >= 0.6 is 0 Å². The Hall–Kier alpha value is -2.99. The molecule has 0 saturated carbocycles. The normalized spacial score (nSPS) is 11.6. The quantitative estimate of drug-likeness (QED) is 0.602. The van der Waals surface area contributed by atoms with Crippen molar-refractivity contribution in [2.45, 2.75) is 25.8 Å². The molecule has 0 aliphatic rings. The molecule has 6 nitrogen and oxygen atoms in total. The molecule has 1 amide bonds. The molecule has 0 fully saturated rings. The zero-order valence-corrected chi connectivity index (χ0v) is 14.6. The number of carbonyl (C=O) groups excluding carboxylic acids is 2. The number of amides is 1. The standard InChI is InChI=1S/C20H22N2O4/c1-2-8-17(20(25)26)21-13-18(23)22-16-12-7-6-11-15(16)19(24)14-9-4-3-5-10-14/h3-7,9-12,17,21H,2,8,13H2,1H3,(H,22,23)(H,25,26). The first kappa shape index (κ1) is 19.3. The van der Waals surface area contributed by atoms with Crippen LogP contribution in [-0.4, -0.2) is 35.4 Å². The summed E-state index contributed by atoms with van der Waals surface area (Å²) in [6.07, 6.45) is 1.13. The van der Waals surface area contributed by atoms with Crippen LogP contribution in [-0.2, 0) is 9.59 Å². The molecule has 0 aromatic heterocycles. The molecule has 0 bridgehead atoms. The van der Waals surface area contributed by atoms with E-state index in [1.54, 1.807) is 48.5 Å². The van der Waals surface area contributed by atoms with E-state index in [2.05, 4.69) is 10.6 Å². The maximum absolute atomic E-state index is 12.6. The van der Waals surface area contributed by atoms with E-state index in [1.807, 2.05) is 13.0 Å². The van der Waals surface area contributed by atoms with E-state index in [-0.39, 0.29) is 12.3 Å². The summed E-state index contributed by atoms with van der Waals surface area (Å²) in [6.45, 7) is 1.73. The zero-order chi connectivity index (χ0) is 18.9. The van der Waals surface area contributed by atoms with Crippen molar-refractivity contribution in [3.8, 4) is 0 Å². The predicted octanol–water partition coefficient (Wildman–Crippen LogP) is 2.70. The number of rotatable bonds is 9. The Bertz CT molecular complexity index is 774. The highest BCUT2D eigenvalue weighted by atomic mass is 16.4. The van der Waals surface area contributed by atoms with Crippen molar-refractivity contribution in [1.82, 2.24) is 5.32 Å². The van der Waals surface area contributed by atoms with Gasteiger partial charge in [-0.05, 0) is 18.6 Å².